The van der Waals surface area contributed by atoms with Gasteiger partial charge in [0.15, 0.2) is 0 Å². The maximum atomic E-state index is 13.2. The molecule has 0 unspecified atom stereocenters. The van der Waals surface area contributed by atoms with Crippen molar-refractivity contribution in [1.82, 2.24) is 14.7 Å². The number of benzene rings is 2. The Morgan fingerprint density at radius 2 is 1.71 bits per heavy atom. The summed E-state index contributed by atoms with van der Waals surface area (Å²) in [5.41, 5.74) is 1.45. The average Bonchev–Trinajstić information content (AvgIpc) is 3.15. The Kier molecular flexibility index (Phi) is 7.96. The third kappa shape index (κ3) is 5.93. The van der Waals surface area contributed by atoms with E-state index >= 15 is 0 Å². The molecule has 0 saturated heterocycles. The van der Waals surface area contributed by atoms with Crippen molar-refractivity contribution >= 4 is 52.4 Å². The summed E-state index contributed by atoms with van der Waals surface area (Å²) < 4.78 is 1.61. The first-order chi connectivity index (χ1) is 15.9. The van der Waals surface area contributed by atoms with Crippen LogP contribution in [0.5, 0.6) is 0 Å². The first-order valence-electron chi connectivity index (χ1n) is 10.8. The highest BCUT2D eigenvalue weighted by atomic mass is 35.5. The van der Waals surface area contributed by atoms with Crippen LogP contribution >= 0.6 is 34.8 Å². The minimum Gasteiger partial charge on any atom is -0.327 e. The van der Waals surface area contributed by atoms with E-state index in [2.05, 4.69) is 10.4 Å². The maximum Gasteiger partial charge on any atom is 0.256 e. The Bertz CT molecular complexity index is 1220. The molecule has 3 aromatic rings. The second-order valence-electron chi connectivity index (χ2n) is 9.23. The van der Waals surface area contributed by atoms with Crippen molar-refractivity contribution < 1.29 is 9.59 Å². The minimum atomic E-state index is -0.374. The van der Waals surface area contributed by atoms with Gasteiger partial charge in [-0.2, -0.15) is 5.10 Å². The van der Waals surface area contributed by atoms with Crippen molar-refractivity contribution in [2.24, 2.45) is 0 Å². The number of carbonyl (C=O) groups is 2. The van der Waals surface area contributed by atoms with Crippen LogP contribution in [0.3, 0.4) is 0 Å². The predicted octanol–water partition coefficient (Wildman–Crippen LogP) is 6.62. The van der Waals surface area contributed by atoms with E-state index in [1.807, 2.05) is 58.9 Å². The van der Waals surface area contributed by atoms with E-state index in [1.54, 1.807) is 22.9 Å². The second kappa shape index (κ2) is 10.4. The van der Waals surface area contributed by atoms with E-state index < -0.39 is 0 Å². The monoisotopic (exact) mass is 520 g/mol. The lowest BCUT2D eigenvalue weighted by Crippen LogP contribution is -2.42. The van der Waals surface area contributed by atoms with Crippen LogP contribution in [0.1, 0.15) is 50.7 Å². The Hall–Kier alpha value is -2.54. The smallest absolute Gasteiger partial charge is 0.256 e. The van der Waals surface area contributed by atoms with E-state index in [1.165, 1.54) is 11.0 Å². The molecule has 1 N–H and O–H groups in total. The number of rotatable bonds is 6. The fourth-order valence-corrected chi connectivity index (χ4v) is 3.99. The number of para-hydroxylation sites is 1. The van der Waals surface area contributed by atoms with Gasteiger partial charge in [0, 0.05) is 22.5 Å². The number of hydrogen-bond acceptors (Lipinski definition) is 3. The molecule has 9 heteroatoms. The fraction of sp³-hybridized carbons (Fsp3) is 0.320. The lowest BCUT2D eigenvalue weighted by molar-refractivity contribution is -0.117. The summed E-state index contributed by atoms with van der Waals surface area (Å²) in [4.78, 5) is 27.7. The molecule has 0 aliphatic carbocycles. The molecular formula is C25H27Cl3N4O2. The normalized spacial score (nSPS) is 11.6. The average molecular weight is 522 g/mol. The third-order valence-electron chi connectivity index (χ3n) is 5.19. The molecule has 1 heterocycles. The molecule has 34 heavy (non-hydrogen) atoms. The van der Waals surface area contributed by atoms with Gasteiger partial charge >= 0.3 is 0 Å². The minimum absolute atomic E-state index is 0.173. The summed E-state index contributed by atoms with van der Waals surface area (Å²) in [5.74, 6) is -0.272. The molecule has 1 aromatic heterocycles. The topological polar surface area (TPSA) is 67.2 Å². The Morgan fingerprint density at radius 1 is 1.03 bits per heavy atom. The van der Waals surface area contributed by atoms with Gasteiger partial charge in [-0.1, -0.05) is 67.7 Å². The highest BCUT2D eigenvalue weighted by molar-refractivity contribution is 6.36. The fourth-order valence-electron chi connectivity index (χ4n) is 3.29. The van der Waals surface area contributed by atoms with Crippen LogP contribution in [0.4, 0.5) is 5.82 Å². The first kappa shape index (κ1) is 26.1. The van der Waals surface area contributed by atoms with Crippen LogP contribution in [0, 0.1) is 0 Å². The predicted molar refractivity (Wildman–Crippen MR) is 139 cm³/mol. The zero-order valence-corrected chi connectivity index (χ0v) is 22.0. The molecule has 0 atom stereocenters. The number of carbonyl (C=O) groups excluding carboxylic acids is 2. The number of aromatic nitrogens is 2. The Balaban J connectivity index is 1.90. The zero-order valence-electron chi connectivity index (χ0n) is 19.7. The number of amides is 2. The lowest BCUT2D eigenvalue weighted by atomic mass is 9.92. The summed E-state index contributed by atoms with van der Waals surface area (Å²) in [6.45, 7) is 9.60. The lowest BCUT2D eigenvalue weighted by Gasteiger charge is -2.26. The molecule has 0 fully saturated rings. The van der Waals surface area contributed by atoms with Gasteiger partial charge < -0.3 is 10.2 Å². The molecule has 2 aromatic carbocycles. The largest absolute Gasteiger partial charge is 0.327 e. The van der Waals surface area contributed by atoms with Crippen LogP contribution < -0.4 is 5.32 Å². The summed E-state index contributed by atoms with van der Waals surface area (Å²) in [5, 5.41) is 8.75. The number of nitrogens with one attached hydrogen (secondary N) is 1. The Morgan fingerprint density at radius 3 is 2.29 bits per heavy atom. The van der Waals surface area contributed by atoms with Gasteiger partial charge in [-0.3, -0.25) is 9.59 Å². The number of anilines is 1. The highest BCUT2D eigenvalue weighted by Crippen LogP contribution is 2.29. The van der Waals surface area contributed by atoms with Gasteiger partial charge in [0.1, 0.15) is 12.4 Å². The van der Waals surface area contributed by atoms with Gasteiger partial charge in [-0.25, -0.2) is 4.68 Å². The maximum absolute atomic E-state index is 13.2. The Labute approximate surface area is 214 Å². The van der Waals surface area contributed by atoms with Gasteiger partial charge in [-0.05, 0) is 44.2 Å². The van der Waals surface area contributed by atoms with Crippen LogP contribution in [-0.4, -0.2) is 39.1 Å². The molecule has 180 valence electrons. The number of hydrogen-bond donors (Lipinski definition) is 1. The summed E-state index contributed by atoms with van der Waals surface area (Å²) in [6, 6.07) is 13.5. The molecule has 0 aliphatic rings. The van der Waals surface area contributed by atoms with Crippen molar-refractivity contribution in [1.29, 1.82) is 0 Å². The highest BCUT2D eigenvalue weighted by Gasteiger charge is 2.26. The van der Waals surface area contributed by atoms with Crippen LogP contribution in [0.2, 0.25) is 15.1 Å². The molecule has 0 radical (unpaired) electrons. The van der Waals surface area contributed by atoms with Crippen LogP contribution in [0.25, 0.3) is 5.69 Å². The molecule has 3 rings (SSSR count). The van der Waals surface area contributed by atoms with E-state index in [0.717, 1.165) is 5.69 Å². The summed E-state index contributed by atoms with van der Waals surface area (Å²) in [6.07, 6.45) is 0. The molecular weight excluding hydrogens is 495 g/mol. The molecule has 0 spiro atoms. The van der Waals surface area contributed by atoms with Crippen molar-refractivity contribution in [2.75, 3.05) is 11.9 Å². The van der Waals surface area contributed by atoms with Gasteiger partial charge in [-0.15, -0.1) is 0 Å². The quantitative estimate of drug-likeness (QED) is 0.396. The van der Waals surface area contributed by atoms with E-state index in [0.29, 0.717) is 21.6 Å². The van der Waals surface area contributed by atoms with Crippen molar-refractivity contribution in [3.05, 3.63) is 74.9 Å². The van der Waals surface area contributed by atoms with Crippen molar-refractivity contribution in [2.45, 2.75) is 46.1 Å². The summed E-state index contributed by atoms with van der Waals surface area (Å²) in [7, 11) is 0. The van der Waals surface area contributed by atoms with Crippen molar-refractivity contribution in [3.8, 4) is 5.69 Å². The van der Waals surface area contributed by atoms with Gasteiger partial charge in [0.2, 0.25) is 5.91 Å². The van der Waals surface area contributed by atoms with Gasteiger partial charge in [0.05, 0.1) is 27.0 Å². The number of halogens is 3. The third-order valence-corrected chi connectivity index (χ3v) is 6.05. The standard InChI is InChI=1S/C25H27Cl3N4O2/c1-15(2)31(24(34)17-11-10-16(26)12-19(17)28)14-23(33)29-22-13-21(25(3,4)5)30-32(22)20-9-7-6-8-18(20)27/h6-13,15H,14H2,1-5H3,(H,29,33). The molecule has 6 nitrogen and oxygen atoms in total. The molecule has 0 saturated carbocycles. The SMILES string of the molecule is CC(C)N(CC(=O)Nc1cc(C(C)(C)C)nn1-c1ccccc1Cl)C(=O)c1ccc(Cl)cc1Cl. The zero-order chi connectivity index (χ0) is 25.2. The molecule has 0 bridgehead atoms. The van der Waals surface area contributed by atoms with Gasteiger partial charge in [0.25, 0.3) is 5.91 Å². The first-order valence-corrected chi connectivity index (χ1v) is 11.9. The number of nitrogens with zero attached hydrogens (tertiary/aromatic N) is 3. The molecule has 0 aliphatic heterocycles. The van der Waals surface area contributed by atoms with E-state index in [-0.39, 0.29) is 40.4 Å². The second-order valence-corrected chi connectivity index (χ2v) is 10.5. The van der Waals surface area contributed by atoms with Crippen LogP contribution in [-0.2, 0) is 10.2 Å². The van der Waals surface area contributed by atoms with E-state index in [9.17, 15) is 9.59 Å². The summed E-state index contributed by atoms with van der Waals surface area (Å²) >= 11 is 18.6. The van der Waals surface area contributed by atoms with E-state index in [4.69, 9.17) is 34.8 Å². The van der Waals surface area contributed by atoms with Crippen LogP contribution in [0.15, 0.2) is 48.5 Å². The van der Waals surface area contributed by atoms with Crippen molar-refractivity contribution in [3.63, 3.8) is 0 Å². The molecule has 2 amide bonds.